The molecule has 0 aromatic heterocycles. The first-order valence-electron chi connectivity index (χ1n) is 8.67. The molecule has 26 heavy (non-hydrogen) atoms. The normalized spacial score (nSPS) is 28.5. The molecule has 0 bridgehead atoms. The van der Waals surface area contributed by atoms with Crippen LogP contribution in [0.1, 0.15) is 18.4 Å². The van der Waals surface area contributed by atoms with Gasteiger partial charge in [0, 0.05) is 19.1 Å². The van der Waals surface area contributed by atoms with Crippen molar-refractivity contribution in [2.45, 2.75) is 25.5 Å². The maximum absolute atomic E-state index is 12.4. The molecule has 1 aliphatic heterocycles. The van der Waals surface area contributed by atoms with E-state index in [-0.39, 0.29) is 30.6 Å². The molecule has 138 valence electrons. The summed E-state index contributed by atoms with van der Waals surface area (Å²) in [5.41, 5.74) is 0.808. The molecule has 1 aliphatic carbocycles. The van der Waals surface area contributed by atoms with Gasteiger partial charge in [0.05, 0.1) is 12.0 Å². The Labute approximate surface area is 151 Å². The molecule has 1 fully saturated rings. The largest absolute Gasteiger partial charge is 0.396 e. The van der Waals surface area contributed by atoms with Gasteiger partial charge in [0.15, 0.2) is 0 Å². The van der Waals surface area contributed by atoms with E-state index in [0.717, 1.165) is 5.56 Å². The number of nitrogens with one attached hydrogen (secondary N) is 2. The molecule has 1 aromatic rings. The van der Waals surface area contributed by atoms with Crippen molar-refractivity contribution in [2.24, 2.45) is 17.8 Å². The number of carbonyl (C=O) groups is 3. The standard InChI is InChI=1S/C19H22N2O5/c22-10-13-6-12(7-16(13)23)14-8-15(19(26)21-18(14)25)17(24)20-9-11-4-2-1-3-5-11/h1-5,8,12-14,16,22-23H,6-7,9-10H2,(H,20,24)(H,21,25,26)/t12-,13-,14?,16?/m1/s1. The number of hydrogen-bond donors (Lipinski definition) is 4. The summed E-state index contributed by atoms with van der Waals surface area (Å²) >= 11 is 0. The van der Waals surface area contributed by atoms with Gasteiger partial charge in [-0.05, 0) is 24.3 Å². The van der Waals surface area contributed by atoms with E-state index in [9.17, 15) is 24.6 Å². The van der Waals surface area contributed by atoms with Gasteiger partial charge < -0.3 is 15.5 Å². The van der Waals surface area contributed by atoms with Gasteiger partial charge in [0.2, 0.25) is 5.91 Å². The van der Waals surface area contributed by atoms with Gasteiger partial charge in [-0.15, -0.1) is 0 Å². The van der Waals surface area contributed by atoms with Crippen LogP contribution in [-0.2, 0) is 20.9 Å². The molecule has 2 unspecified atom stereocenters. The van der Waals surface area contributed by atoms with Gasteiger partial charge in [-0.2, -0.15) is 0 Å². The Bertz CT molecular complexity index is 731. The molecule has 2 aliphatic rings. The highest BCUT2D eigenvalue weighted by Crippen LogP contribution is 2.37. The number of aliphatic hydroxyl groups is 2. The number of carbonyl (C=O) groups excluding carboxylic acids is 3. The third kappa shape index (κ3) is 3.84. The van der Waals surface area contributed by atoms with Crippen molar-refractivity contribution in [1.82, 2.24) is 10.6 Å². The quantitative estimate of drug-likeness (QED) is 0.433. The van der Waals surface area contributed by atoms with E-state index in [1.54, 1.807) is 0 Å². The summed E-state index contributed by atoms with van der Waals surface area (Å²) in [6.07, 6.45) is 1.55. The first-order chi connectivity index (χ1) is 12.5. The molecule has 0 radical (unpaired) electrons. The van der Waals surface area contributed by atoms with E-state index in [4.69, 9.17) is 0 Å². The molecular weight excluding hydrogens is 336 g/mol. The van der Waals surface area contributed by atoms with Crippen LogP contribution < -0.4 is 10.6 Å². The summed E-state index contributed by atoms with van der Waals surface area (Å²) in [6, 6.07) is 9.29. The zero-order chi connectivity index (χ0) is 18.7. The monoisotopic (exact) mass is 358 g/mol. The second-order valence-electron chi connectivity index (χ2n) is 6.83. The van der Waals surface area contributed by atoms with Crippen molar-refractivity contribution in [3.63, 3.8) is 0 Å². The first kappa shape index (κ1) is 18.3. The van der Waals surface area contributed by atoms with Crippen molar-refractivity contribution < 1.29 is 24.6 Å². The van der Waals surface area contributed by atoms with Crippen molar-refractivity contribution in [3.05, 3.63) is 47.5 Å². The predicted molar refractivity (Wildman–Crippen MR) is 92.3 cm³/mol. The SMILES string of the molecule is O=C(NCc1ccccc1)C1=CC([C@H]2CC(O)[C@@H](CO)C2)C(=O)NC1=O. The summed E-state index contributed by atoms with van der Waals surface area (Å²) in [5.74, 6) is -2.89. The van der Waals surface area contributed by atoms with E-state index < -0.39 is 29.7 Å². The zero-order valence-corrected chi connectivity index (χ0v) is 14.2. The molecule has 3 amide bonds. The second-order valence-corrected chi connectivity index (χ2v) is 6.83. The minimum Gasteiger partial charge on any atom is -0.396 e. The van der Waals surface area contributed by atoms with Crippen molar-refractivity contribution in [2.75, 3.05) is 6.61 Å². The Balaban J connectivity index is 1.72. The lowest BCUT2D eigenvalue weighted by molar-refractivity contribution is -0.133. The lowest BCUT2D eigenvalue weighted by Crippen LogP contribution is -2.46. The van der Waals surface area contributed by atoms with Gasteiger partial charge >= 0.3 is 0 Å². The summed E-state index contributed by atoms with van der Waals surface area (Å²) in [7, 11) is 0. The Kier molecular flexibility index (Phi) is 5.49. The molecule has 1 saturated carbocycles. The third-order valence-electron chi connectivity index (χ3n) is 5.11. The second kappa shape index (κ2) is 7.80. The molecule has 1 aromatic carbocycles. The van der Waals surface area contributed by atoms with E-state index in [2.05, 4.69) is 10.6 Å². The lowest BCUT2D eigenvalue weighted by Gasteiger charge is -2.24. The van der Waals surface area contributed by atoms with Crippen LogP contribution in [0.2, 0.25) is 0 Å². The number of hydrogen-bond acceptors (Lipinski definition) is 5. The average molecular weight is 358 g/mol. The van der Waals surface area contributed by atoms with Gasteiger partial charge in [-0.25, -0.2) is 0 Å². The zero-order valence-electron chi connectivity index (χ0n) is 14.2. The number of benzene rings is 1. The fourth-order valence-electron chi connectivity index (χ4n) is 3.63. The molecule has 7 nitrogen and oxygen atoms in total. The van der Waals surface area contributed by atoms with Crippen LogP contribution in [0, 0.1) is 17.8 Å². The highest BCUT2D eigenvalue weighted by molar-refractivity contribution is 6.23. The predicted octanol–water partition coefficient (Wildman–Crippen LogP) is -0.119. The Morgan fingerprint density at radius 2 is 1.92 bits per heavy atom. The molecule has 4 atom stereocenters. The molecule has 3 rings (SSSR count). The maximum Gasteiger partial charge on any atom is 0.263 e. The van der Waals surface area contributed by atoms with Crippen molar-refractivity contribution in [3.8, 4) is 0 Å². The smallest absolute Gasteiger partial charge is 0.263 e. The highest BCUT2D eigenvalue weighted by atomic mass is 16.3. The van der Waals surface area contributed by atoms with Gasteiger partial charge in [0.1, 0.15) is 5.57 Å². The Morgan fingerprint density at radius 3 is 2.58 bits per heavy atom. The van der Waals surface area contributed by atoms with Crippen LogP contribution in [0.3, 0.4) is 0 Å². The van der Waals surface area contributed by atoms with Crippen LogP contribution in [0.5, 0.6) is 0 Å². The molecule has 4 N–H and O–H groups in total. The molecule has 0 spiro atoms. The summed E-state index contributed by atoms with van der Waals surface area (Å²) in [5, 5.41) is 24.2. The maximum atomic E-state index is 12.4. The van der Waals surface area contributed by atoms with Crippen molar-refractivity contribution in [1.29, 1.82) is 0 Å². The summed E-state index contributed by atoms with van der Waals surface area (Å²) in [4.78, 5) is 36.6. The van der Waals surface area contributed by atoms with Crippen LogP contribution in [0.15, 0.2) is 42.0 Å². The van der Waals surface area contributed by atoms with Crippen LogP contribution >= 0.6 is 0 Å². The fraction of sp³-hybridized carbons (Fsp3) is 0.421. The van der Waals surface area contributed by atoms with E-state index in [0.29, 0.717) is 12.8 Å². The van der Waals surface area contributed by atoms with Crippen molar-refractivity contribution >= 4 is 17.7 Å². The lowest BCUT2D eigenvalue weighted by atomic mass is 9.85. The van der Waals surface area contributed by atoms with Gasteiger partial charge in [-0.3, -0.25) is 19.7 Å². The molecule has 1 heterocycles. The van der Waals surface area contributed by atoms with Crippen LogP contribution in [0.4, 0.5) is 0 Å². The Morgan fingerprint density at radius 1 is 1.19 bits per heavy atom. The molecule has 7 heteroatoms. The summed E-state index contributed by atoms with van der Waals surface area (Å²) in [6.45, 7) is 0.122. The number of imide groups is 1. The Hall–Kier alpha value is -2.51. The number of rotatable bonds is 5. The highest BCUT2D eigenvalue weighted by Gasteiger charge is 2.42. The third-order valence-corrected chi connectivity index (χ3v) is 5.11. The van der Waals surface area contributed by atoms with E-state index in [1.807, 2.05) is 30.3 Å². The van der Waals surface area contributed by atoms with Crippen LogP contribution in [-0.4, -0.2) is 40.6 Å². The topological polar surface area (TPSA) is 116 Å². The minimum atomic E-state index is -0.714. The molecular formula is C19H22N2O5. The first-order valence-corrected chi connectivity index (χ1v) is 8.67. The summed E-state index contributed by atoms with van der Waals surface area (Å²) < 4.78 is 0. The van der Waals surface area contributed by atoms with E-state index >= 15 is 0 Å². The number of amides is 3. The van der Waals surface area contributed by atoms with E-state index in [1.165, 1.54) is 6.08 Å². The average Bonchev–Trinajstić information content (AvgIpc) is 3.01. The van der Waals surface area contributed by atoms with Gasteiger partial charge in [0.25, 0.3) is 11.8 Å². The number of aliphatic hydroxyl groups excluding tert-OH is 2. The fourth-order valence-corrected chi connectivity index (χ4v) is 3.63. The minimum absolute atomic E-state index is 0.0903. The van der Waals surface area contributed by atoms with Gasteiger partial charge in [-0.1, -0.05) is 36.4 Å². The van der Waals surface area contributed by atoms with Crippen LogP contribution in [0.25, 0.3) is 0 Å². The molecule has 0 saturated heterocycles.